The molecule has 1 aromatic heterocycles. The number of nitrogen functional groups attached to an aromatic ring is 1. The number of hydrogen-bond donors (Lipinski definition) is 2. The van der Waals surface area contributed by atoms with E-state index in [1.54, 1.807) is 16.3 Å². The maximum absolute atomic E-state index is 11.8. The highest BCUT2D eigenvalue weighted by molar-refractivity contribution is 7.99. The van der Waals surface area contributed by atoms with E-state index < -0.39 is 5.56 Å². The highest BCUT2D eigenvalue weighted by Gasteiger charge is 2.27. The lowest BCUT2D eigenvalue weighted by molar-refractivity contribution is 0.357. The molecule has 94 valence electrons. The summed E-state index contributed by atoms with van der Waals surface area (Å²) in [7, 11) is 0. The van der Waals surface area contributed by atoms with Gasteiger partial charge in [0.1, 0.15) is 5.82 Å². The van der Waals surface area contributed by atoms with E-state index in [9.17, 15) is 9.59 Å². The molecule has 1 fully saturated rings. The van der Waals surface area contributed by atoms with Gasteiger partial charge in [-0.3, -0.25) is 14.3 Å². The first-order valence-corrected chi connectivity index (χ1v) is 7.06. The van der Waals surface area contributed by atoms with E-state index in [4.69, 9.17) is 5.73 Å². The number of rotatable bonds is 2. The maximum Gasteiger partial charge on any atom is 0.330 e. The summed E-state index contributed by atoms with van der Waals surface area (Å²) in [6, 6.07) is 1.39. The monoisotopic (exact) mass is 255 g/mol. The Kier molecular flexibility index (Phi) is 3.61. The molecule has 2 atom stereocenters. The molecular weight excluding hydrogens is 238 g/mol. The molecule has 1 aliphatic carbocycles. The number of aromatic amines is 1. The first-order valence-electron chi connectivity index (χ1n) is 5.77. The number of nitrogens with zero attached hydrogens (tertiary/aromatic N) is 1. The molecule has 0 saturated heterocycles. The van der Waals surface area contributed by atoms with Gasteiger partial charge in [-0.25, -0.2) is 4.79 Å². The van der Waals surface area contributed by atoms with Gasteiger partial charge in [0, 0.05) is 11.3 Å². The van der Waals surface area contributed by atoms with Gasteiger partial charge in [0.05, 0.1) is 6.04 Å². The summed E-state index contributed by atoms with van der Waals surface area (Å²) < 4.78 is 1.54. The highest BCUT2D eigenvalue weighted by atomic mass is 32.2. The predicted octanol–water partition coefficient (Wildman–Crippen LogP) is 0.966. The third-order valence-electron chi connectivity index (χ3n) is 3.31. The number of thioether (sulfide) groups is 1. The fourth-order valence-corrected chi connectivity index (χ4v) is 3.49. The standard InChI is InChI=1S/C11H17N3O2S/c1-17-8-5-3-2-4-7(8)14-9(12)6-10(15)13-11(14)16/h6-8H,2-5,12H2,1H3,(H,13,15,16). The van der Waals surface area contributed by atoms with Crippen LogP contribution in [0.25, 0.3) is 0 Å². The van der Waals surface area contributed by atoms with Gasteiger partial charge in [-0.2, -0.15) is 11.8 Å². The SMILES string of the molecule is CSC1CCCCC1n1c(N)cc(=O)[nH]c1=O. The largest absolute Gasteiger partial charge is 0.385 e. The molecule has 0 spiro atoms. The van der Waals surface area contributed by atoms with Gasteiger partial charge in [-0.15, -0.1) is 0 Å². The van der Waals surface area contributed by atoms with Crippen molar-refractivity contribution >= 4 is 17.6 Å². The first-order chi connectivity index (χ1) is 8.13. The number of hydrogen-bond acceptors (Lipinski definition) is 4. The van der Waals surface area contributed by atoms with Crippen LogP contribution >= 0.6 is 11.8 Å². The highest BCUT2D eigenvalue weighted by Crippen LogP contribution is 2.35. The van der Waals surface area contributed by atoms with Crippen LogP contribution in [-0.4, -0.2) is 21.1 Å². The Bertz CT molecular complexity index is 508. The summed E-state index contributed by atoms with van der Waals surface area (Å²) in [5.41, 5.74) is 4.99. The molecule has 3 N–H and O–H groups in total. The molecule has 0 aliphatic heterocycles. The van der Waals surface area contributed by atoms with E-state index in [2.05, 4.69) is 11.2 Å². The second kappa shape index (κ2) is 5.00. The Morgan fingerprint density at radius 3 is 2.76 bits per heavy atom. The molecule has 0 bridgehead atoms. The van der Waals surface area contributed by atoms with Crippen molar-refractivity contribution in [3.63, 3.8) is 0 Å². The number of nitrogens with two attached hydrogens (primary N) is 1. The Balaban J connectivity index is 2.45. The zero-order chi connectivity index (χ0) is 12.4. The fourth-order valence-electron chi connectivity index (χ4n) is 2.51. The Morgan fingerprint density at radius 2 is 2.12 bits per heavy atom. The van der Waals surface area contributed by atoms with Crippen molar-refractivity contribution in [3.8, 4) is 0 Å². The Labute approximate surface area is 103 Å². The van der Waals surface area contributed by atoms with Crippen LogP contribution in [0.4, 0.5) is 5.82 Å². The van der Waals surface area contributed by atoms with Crippen LogP contribution in [0.1, 0.15) is 31.7 Å². The van der Waals surface area contributed by atoms with Crippen LogP contribution in [0.15, 0.2) is 15.7 Å². The van der Waals surface area contributed by atoms with Gasteiger partial charge in [-0.1, -0.05) is 12.8 Å². The van der Waals surface area contributed by atoms with Gasteiger partial charge in [0.25, 0.3) is 5.56 Å². The second-order valence-electron chi connectivity index (χ2n) is 4.36. The van der Waals surface area contributed by atoms with Crippen LogP contribution in [0.3, 0.4) is 0 Å². The minimum atomic E-state index is -0.430. The van der Waals surface area contributed by atoms with Crippen molar-refractivity contribution in [1.82, 2.24) is 9.55 Å². The maximum atomic E-state index is 11.8. The number of aromatic nitrogens is 2. The van der Waals surface area contributed by atoms with E-state index in [1.165, 1.54) is 12.5 Å². The zero-order valence-electron chi connectivity index (χ0n) is 9.81. The van der Waals surface area contributed by atoms with Gasteiger partial charge in [0.15, 0.2) is 0 Å². The smallest absolute Gasteiger partial charge is 0.330 e. The molecule has 1 saturated carbocycles. The zero-order valence-corrected chi connectivity index (χ0v) is 10.6. The molecule has 17 heavy (non-hydrogen) atoms. The van der Waals surface area contributed by atoms with Gasteiger partial charge in [-0.05, 0) is 19.1 Å². The van der Waals surface area contributed by atoms with E-state index in [0.717, 1.165) is 19.3 Å². The topological polar surface area (TPSA) is 80.9 Å². The Hall–Kier alpha value is -1.17. The lowest BCUT2D eigenvalue weighted by Gasteiger charge is -2.32. The molecule has 2 unspecified atom stereocenters. The fraction of sp³-hybridized carbons (Fsp3) is 0.636. The molecule has 1 aliphatic rings. The number of nitrogens with one attached hydrogen (secondary N) is 1. The lowest BCUT2D eigenvalue weighted by atomic mass is 9.94. The molecule has 0 radical (unpaired) electrons. The molecule has 2 rings (SSSR count). The average molecular weight is 255 g/mol. The third kappa shape index (κ3) is 2.41. The molecule has 5 nitrogen and oxygen atoms in total. The van der Waals surface area contributed by atoms with Crippen molar-refractivity contribution in [3.05, 3.63) is 26.9 Å². The quantitative estimate of drug-likeness (QED) is 0.825. The molecule has 6 heteroatoms. The van der Waals surface area contributed by atoms with Crippen molar-refractivity contribution in [2.45, 2.75) is 37.0 Å². The first kappa shape index (κ1) is 12.3. The Morgan fingerprint density at radius 1 is 1.41 bits per heavy atom. The van der Waals surface area contributed by atoms with Gasteiger partial charge >= 0.3 is 5.69 Å². The average Bonchev–Trinajstić information content (AvgIpc) is 2.28. The van der Waals surface area contributed by atoms with Crippen LogP contribution in [0.2, 0.25) is 0 Å². The van der Waals surface area contributed by atoms with Crippen LogP contribution < -0.4 is 17.0 Å². The summed E-state index contributed by atoms with van der Waals surface area (Å²) in [4.78, 5) is 25.3. The second-order valence-corrected chi connectivity index (χ2v) is 5.44. The molecular formula is C11H17N3O2S. The molecule has 1 aromatic rings. The van der Waals surface area contributed by atoms with E-state index >= 15 is 0 Å². The summed E-state index contributed by atoms with van der Waals surface area (Å²) in [6.07, 6.45) is 6.39. The lowest BCUT2D eigenvalue weighted by Crippen LogP contribution is -2.38. The van der Waals surface area contributed by atoms with Gasteiger partial charge in [0.2, 0.25) is 0 Å². The van der Waals surface area contributed by atoms with Gasteiger partial charge < -0.3 is 5.73 Å². The van der Waals surface area contributed by atoms with E-state index in [-0.39, 0.29) is 17.5 Å². The van der Waals surface area contributed by atoms with Crippen LogP contribution in [-0.2, 0) is 0 Å². The molecule has 0 aromatic carbocycles. The summed E-state index contributed by atoms with van der Waals surface area (Å²) in [6.45, 7) is 0. The third-order valence-corrected chi connectivity index (χ3v) is 4.46. The normalized spacial score (nSPS) is 24.8. The number of anilines is 1. The van der Waals surface area contributed by atoms with Crippen molar-refractivity contribution in [1.29, 1.82) is 0 Å². The van der Waals surface area contributed by atoms with Crippen molar-refractivity contribution < 1.29 is 0 Å². The minimum absolute atomic E-state index is 0.100. The predicted molar refractivity (Wildman–Crippen MR) is 70.5 cm³/mol. The van der Waals surface area contributed by atoms with Crippen molar-refractivity contribution in [2.75, 3.05) is 12.0 Å². The van der Waals surface area contributed by atoms with E-state index in [1.807, 2.05) is 0 Å². The van der Waals surface area contributed by atoms with E-state index in [0.29, 0.717) is 5.25 Å². The summed E-state index contributed by atoms with van der Waals surface area (Å²) >= 11 is 1.76. The molecule has 0 amide bonds. The van der Waals surface area contributed by atoms with Crippen LogP contribution in [0.5, 0.6) is 0 Å². The minimum Gasteiger partial charge on any atom is -0.385 e. The van der Waals surface area contributed by atoms with Crippen LogP contribution in [0, 0.1) is 0 Å². The van der Waals surface area contributed by atoms with Crippen molar-refractivity contribution in [2.24, 2.45) is 0 Å². The number of H-pyrrole nitrogens is 1. The summed E-state index contributed by atoms with van der Waals surface area (Å²) in [5, 5.41) is 0.398. The molecule has 1 heterocycles. The summed E-state index contributed by atoms with van der Waals surface area (Å²) in [5.74, 6) is 0.268.